The number of benzene rings is 3. The van der Waals surface area contributed by atoms with Crippen LogP contribution in [-0.4, -0.2) is 16.0 Å². The number of phenols is 1. The van der Waals surface area contributed by atoms with Crippen molar-refractivity contribution in [2.24, 2.45) is 0 Å². The van der Waals surface area contributed by atoms with Gasteiger partial charge in [-0.2, -0.15) is 0 Å². The third-order valence-corrected chi connectivity index (χ3v) is 5.50. The lowest BCUT2D eigenvalue weighted by Gasteiger charge is -2.06. The first-order chi connectivity index (χ1) is 13.7. The lowest BCUT2D eigenvalue weighted by molar-refractivity contribution is 0.0998. The van der Waals surface area contributed by atoms with Gasteiger partial charge in [-0.3, -0.25) is 4.79 Å². The van der Waals surface area contributed by atoms with E-state index < -0.39 is 0 Å². The third kappa shape index (κ3) is 2.90. The summed E-state index contributed by atoms with van der Waals surface area (Å²) in [6.45, 7) is 0. The third-order valence-electron chi connectivity index (χ3n) is 4.43. The van der Waals surface area contributed by atoms with E-state index in [4.69, 9.17) is 4.42 Å². The number of hydrogen-bond donors (Lipinski definition) is 2. The summed E-state index contributed by atoms with van der Waals surface area (Å²) >= 11 is 1.51. The Bertz CT molecular complexity index is 1270. The van der Waals surface area contributed by atoms with E-state index in [2.05, 4.69) is 10.3 Å². The monoisotopic (exact) mass is 386 g/mol. The van der Waals surface area contributed by atoms with Gasteiger partial charge >= 0.3 is 0 Å². The van der Waals surface area contributed by atoms with E-state index in [-0.39, 0.29) is 17.4 Å². The summed E-state index contributed by atoms with van der Waals surface area (Å²) in [7, 11) is 0. The molecule has 2 N–H and O–H groups in total. The molecule has 1 amide bonds. The van der Waals surface area contributed by atoms with Gasteiger partial charge in [-0.1, -0.05) is 30.3 Å². The molecule has 0 spiro atoms. The van der Waals surface area contributed by atoms with Crippen molar-refractivity contribution < 1.29 is 14.3 Å². The smallest absolute Gasteiger partial charge is 0.291 e. The molecule has 136 valence electrons. The fourth-order valence-corrected chi connectivity index (χ4v) is 4.06. The van der Waals surface area contributed by atoms with E-state index in [1.165, 1.54) is 17.4 Å². The number of aromatic nitrogens is 1. The van der Waals surface area contributed by atoms with Crippen molar-refractivity contribution >= 4 is 44.1 Å². The molecular weight excluding hydrogens is 372 g/mol. The molecule has 0 unspecified atom stereocenters. The summed E-state index contributed by atoms with van der Waals surface area (Å²) in [6, 6.07) is 22.0. The summed E-state index contributed by atoms with van der Waals surface area (Å²) in [5, 5.41) is 14.8. The Labute approximate surface area is 163 Å². The van der Waals surface area contributed by atoms with Crippen molar-refractivity contribution in [1.82, 2.24) is 4.98 Å². The number of amides is 1. The fourth-order valence-electron chi connectivity index (χ4n) is 3.06. The zero-order valence-electron chi connectivity index (χ0n) is 14.5. The lowest BCUT2D eigenvalue weighted by Crippen LogP contribution is -2.10. The molecule has 6 heteroatoms. The van der Waals surface area contributed by atoms with E-state index in [1.54, 1.807) is 18.2 Å². The average molecular weight is 386 g/mol. The van der Waals surface area contributed by atoms with Gasteiger partial charge in [0, 0.05) is 17.1 Å². The number of fused-ring (bicyclic) bond motifs is 2. The molecule has 0 saturated carbocycles. The van der Waals surface area contributed by atoms with E-state index in [9.17, 15) is 9.90 Å². The Kier molecular flexibility index (Phi) is 3.84. The van der Waals surface area contributed by atoms with Crippen LogP contribution in [0.4, 0.5) is 5.69 Å². The van der Waals surface area contributed by atoms with Crippen molar-refractivity contribution in [3.8, 4) is 16.3 Å². The van der Waals surface area contributed by atoms with Gasteiger partial charge < -0.3 is 14.8 Å². The number of nitrogens with zero attached hydrogens (tertiary/aromatic N) is 1. The summed E-state index contributed by atoms with van der Waals surface area (Å²) in [5.74, 6) is -0.0965. The first-order valence-corrected chi connectivity index (χ1v) is 9.48. The number of nitrogens with one attached hydrogen (secondary N) is 1. The zero-order valence-corrected chi connectivity index (χ0v) is 15.4. The standard InChI is InChI=1S/C22H14N2O3S/c25-17-12-14(23-21(26)19-11-13-5-1-3-7-18(13)27-19)9-10-15(17)22-24-16-6-2-4-8-20(16)28-22/h1-12,25H,(H,23,26). The minimum atomic E-state index is -0.372. The van der Waals surface area contributed by atoms with Gasteiger partial charge in [0.1, 0.15) is 16.3 Å². The predicted molar refractivity (Wildman–Crippen MR) is 111 cm³/mol. The molecule has 5 nitrogen and oxygen atoms in total. The van der Waals surface area contributed by atoms with Gasteiger partial charge in [0.2, 0.25) is 0 Å². The van der Waals surface area contributed by atoms with Gasteiger partial charge in [-0.25, -0.2) is 4.98 Å². The number of rotatable bonds is 3. The molecule has 0 bridgehead atoms. The Morgan fingerprint density at radius 2 is 1.82 bits per heavy atom. The zero-order chi connectivity index (χ0) is 19.1. The average Bonchev–Trinajstić information content (AvgIpc) is 3.32. The number of aromatic hydroxyl groups is 1. The molecule has 0 aliphatic carbocycles. The van der Waals surface area contributed by atoms with Crippen LogP contribution in [-0.2, 0) is 0 Å². The van der Waals surface area contributed by atoms with Crippen LogP contribution in [0.1, 0.15) is 10.6 Å². The highest BCUT2D eigenvalue weighted by Gasteiger charge is 2.15. The van der Waals surface area contributed by atoms with Gasteiger partial charge in [0.15, 0.2) is 5.76 Å². The van der Waals surface area contributed by atoms with Crippen molar-refractivity contribution in [1.29, 1.82) is 0 Å². The van der Waals surface area contributed by atoms with E-state index >= 15 is 0 Å². The van der Waals surface area contributed by atoms with Gasteiger partial charge in [-0.15, -0.1) is 11.3 Å². The maximum Gasteiger partial charge on any atom is 0.291 e. The second kappa shape index (κ2) is 6.51. The van der Waals surface area contributed by atoms with Crippen LogP contribution in [0, 0.1) is 0 Å². The molecule has 28 heavy (non-hydrogen) atoms. The lowest BCUT2D eigenvalue weighted by atomic mass is 10.2. The minimum absolute atomic E-state index is 0.0569. The maximum absolute atomic E-state index is 12.5. The first kappa shape index (κ1) is 16.5. The number of thiazole rings is 1. The topological polar surface area (TPSA) is 75.4 Å². The molecule has 5 aromatic rings. The molecule has 0 atom stereocenters. The quantitative estimate of drug-likeness (QED) is 0.419. The van der Waals surface area contributed by atoms with Crippen molar-refractivity contribution in [2.75, 3.05) is 5.32 Å². The molecule has 0 fully saturated rings. The Balaban J connectivity index is 1.42. The largest absolute Gasteiger partial charge is 0.507 e. The second-order valence-electron chi connectivity index (χ2n) is 6.32. The van der Waals surface area contributed by atoms with Crippen LogP contribution in [0.2, 0.25) is 0 Å². The highest BCUT2D eigenvalue weighted by molar-refractivity contribution is 7.21. The summed E-state index contributed by atoms with van der Waals surface area (Å²) in [6.07, 6.45) is 0. The first-order valence-electron chi connectivity index (χ1n) is 8.66. The normalized spacial score (nSPS) is 11.1. The molecule has 0 aliphatic heterocycles. The highest BCUT2D eigenvalue weighted by atomic mass is 32.1. The molecule has 0 saturated heterocycles. The maximum atomic E-state index is 12.5. The molecule has 2 aromatic heterocycles. The molecule has 0 aliphatic rings. The number of carbonyl (C=O) groups is 1. The summed E-state index contributed by atoms with van der Waals surface area (Å²) in [5.41, 5.74) is 2.65. The minimum Gasteiger partial charge on any atom is -0.507 e. The number of anilines is 1. The van der Waals surface area contributed by atoms with Crippen LogP contribution in [0.3, 0.4) is 0 Å². The highest BCUT2D eigenvalue weighted by Crippen LogP contribution is 2.36. The second-order valence-corrected chi connectivity index (χ2v) is 7.35. The SMILES string of the molecule is O=C(Nc1ccc(-c2nc3ccccc3s2)c(O)c1)c1cc2ccccc2o1. The number of carbonyl (C=O) groups excluding carboxylic acids is 1. The fraction of sp³-hybridized carbons (Fsp3) is 0. The number of hydrogen-bond acceptors (Lipinski definition) is 5. The van der Waals surface area contributed by atoms with Crippen LogP contribution in [0.15, 0.2) is 77.2 Å². The summed E-state index contributed by atoms with van der Waals surface area (Å²) < 4.78 is 6.63. The van der Waals surface area contributed by atoms with Gasteiger partial charge in [-0.05, 0) is 36.4 Å². The van der Waals surface area contributed by atoms with E-state index in [0.717, 1.165) is 20.6 Å². The number of phenolic OH excluding ortho intramolecular Hbond substituents is 1. The van der Waals surface area contributed by atoms with Gasteiger partial charge in [0.25, 0.3) is 5.91 Å². The Hall–Kier alpha value is -3.64. The van der Waals surface area contributed by atoms with Crippen molar-refractivity contribution in [3.05, 3.63) is 78.6 Å². The van der Waals surface area contributed by atoms with Crippen LogP contribution in [0.25, 0.3) is 31.8 Å². The molecule has 5 rings (SSSR count). The van der Waals surface area contributed by atoms with E-state index in [1.807, 2.05) is 48.5 Å². The molecular formula is C22H14N2O3S. The van der Waals surface area contributed by atoms with Crippen LogP contribution in [0.5, 0.6) is 5.75 Å². The van der Waals surface area contributed by atoms with Gasteiger partial charge in [0.05, 0.1) is 15.8 Å². The molecule has 3 aromatic carbocycles. The summed E-state index contributed by atoms with van der Waals surface area (Å²) in [4.78, 5) is 17.0. The number of furan rings is 1. The van der Waals surface area contributed by atoms with Crippen molar-refractivity contribution in [2.45, 2.75) is 0 Å². The van der Waals surface area contributed by atoms with E-state index in [0.29, 0.717) is 16.8 Å². The van der Waals surface area contributed by atoms with Crippen LogP contribution < -0.4 is 5.32 Å². The Morgan fingerprint density at radius 3 is 2.64 bits per heavy atom. The predicted octanol–water partition coefficient (Wildman–Crippen LogP) is 5.67. The van der Waals surface area contributed by atoms with Crippen LogP contribution >= 0.6 is 11.3 Å². The molecule has 0 radical (unpaired) electrons. The van der Waals surface area contributed by atoms with Crippen molar-refractivity contribution in [3.63, 3.8) is 0 Å². The Morgan fingerprint density at radius 1 is 1.00 bits per heavy atom. The number of para-hydroxylation sites is 2. The molecule has 2 heterocycles.